The van der Waals surface area contributed by atoms with Crippen LogP contribution in [0.15, 0.2) is 60.2 Å². The number of carbonyl (C=O) groups is 2. The summed E-state index contributed by atoms with van der Waals surface area (Å²) in [7, 11) is 0. The van der Waals surface area contributed by atoms with E-state index in [1.807, 2.05) is 37.3 Å². The Balaban J connectivity index is 2.03. The van der Waals surface area contributed by atoms with Crippen molar-refractivity contribution in [2.75, 3.05) is 19.8 Å². The van der Waals surface area contributed by atoms with E-state index in [2.05, 4.69) is 0 Å². The van der Waals surface area contributed by atoms with Crippen molar-refractivity contribution in [3.63, 3.8) is 0 Å². The van der Waals surface area contributed by atoms with Crippen LogP contribution in [0.2, 0.25) is 0 Å². The smallest absolute Gasteiger partial charge is 0.295 e. The molecule has 0 radical (unpaired) electrons. The number of ether oxygens (including phenoxy) is 1. The van der Waals surface area contributed by atoms with Gasteiger partial charge in [0, 0.05) is 18.7 Å². The molecule has 2 N–H and O–H groups in total. The molecule has 0 aliphatic carbocycles. The first-order valence-corrected chi connectivity index (χ1v) is 9.76. The van der Waals surface area contributed by atoms with Gasteiger partial charge in [-0.05, 0) is 42.7 Å². The summed E-state index contributed by atoms with van der Waals surface area (Å²) in [5.41, 5.74) is 1.23. The summed E-state index contributed by atoms with van der Waals surface area (Å²) in [5.74, 6) is -0.936. The number of aliphatic hydroxyl groups is 2. The fraction of sp³-hybridized carbons (Fsp3) is 0.304. The zero-order valence-electron chi connectivity index (χ0n) is 16.4. The molecule has 1 aliphatic rings. The lowest BCUT2D eigenvalue weighted by Gasteiger charge is -2.25. The number of benzene rings is 2. The van der Waals surface area contributed by atoms with E-state index in [-0.39, 0.29) is 24.5 Å². The zero-order valence-corrected chi connectivity index (χ0v) is 16.4. The fourth-order valence-electron chi connectivity index (χ4n) is 3.42. The Hall–Kier alpha value is -3.12. The molecule has 0 saturated carbocycles. The summed E-state index contributed by atoms with van der Waals surface area (Å²) < 4.78 is 5.55. The van der Waals surface area contributed by atoms with Crippen molar-refractivity contribution < 1.29 is 24.5 Å². The predicted octanol–water partition coefficient (Wildman–Crippen LogP) is 3.28. The van der Waals surface area contributed by atoms with Crippen LogP contribution in [0.1, 0.15) is 36.9 Å². The number of amides is 1. The van der Waals surface area contributed by atoms with E-state index in [0.29, 0.717) is 24.3 Å². The molecule has 2 aromatic carbocycles. The van der Waals surface area contributed by atoms with Crippen molar-refractivity contribution in [1.82, 2.24) is 4.90 Å². The number of hydrogen-bond donors (Lipinski definition) is 2. The molecule has 0 spiro atoms. The number of ketones is 1. The van der Waals surface area contributed by atoms with E-state index in [4.69, 9.17) is 4.74 Å². The number of aliphatic hydroxyl groups excluding tert-OH is 2. The molecule has 1 heterocycles. The van der Waals surface area contributed by atoms with Gasteiger partial charge in [-0.3, -0.25) is 9.59 Å². The molecular weight excluding hydrogens is 370 g/mol. The van der Waals surface area contributed by atoms with E-state index >= 15 is 0 Å². The number of Topliss-reactive ketones (excluding diaryl/α,β-unsaturated/α-hetero) is 1. The van der Waals surface area contributed by atoms with E-state index in [0.717, 1.165) is 12.0 Å². The van der Waals surface area contributed by atoms with Crippen molar-refractivity contribution in [2.24, 2.45) is 0 Å². The van der Waals surface area contributed by atoms with Crippen molar-refractivity contribution >= 4 is 17.4 Å². The lowest BCUT2D eigenvalue weighted by Crippen LogP contribution is -2.31. The average molecular weight is 395 g/mol. The van der Waals surface area contributed by atoms with E-state index in [1.54, 1.807) is 24.3 Å². The second-order valence-electron chi connectivity index (χ2n) is 6.85. The summed E-state index contributed by atoms with van der Waals surface area (Å²) in [5, 5.41) is 20.1. The Morgan fingerprint density at radius 1 is 1.07 bits per heavy atom. The molecule has 152 valence electrons. The third-order valence-electron chi connectivity index (χ3n) is 4.81. The SMILES string of the molecule is CCCOc1ccc(C(O)=C2C(=O)C(=O)N(CCCO)[C@@H]2c2ccccc2)cc1. The third-order valence-corrected chi connectivity index (χ3v) is 4.81. The van der Waals surface area contributed by atoms with Gasteiger partial charge in [-0.2, -0.15) is 0 Å². The molecule has 0 bridgehead atoms. The maximum absolute atomic E-state index is 12.8. The van der Waals surface area contributed by atoms with Crippen molar-refractivity contribution in [3.05, 3.63) is 71.3 Å². The zero-order chi connectivity index (χ0) is 20.8. The first kappa shape index (κ1) is 20.6. The van der Waals surface area contributed by atoms with Crippen LogP contribution in [0.3, 0.4) is 0 Å². The number of likely N-dealkylation sites (tertiary alicyclic amines) is 1. The van der Waals surface area contributed by atoms with Gasteiger partial charge in [-0.25, -0.2) is 0 Å². The highest BCUT2D eigenvalue weighted by Gasteiger charge is 2.45. The summed E-state index contributed by atoms with van der Waals surface area (Å²) in [6.45, 7) is 2.74. The minimum absolute atomic E-state index is 0.0568. The van der Waals surface area contributed by atoms with Gasteiger partial charge in [0.05, 0.1) is 18.2 Å². The number of hydrogen-bond acceptors (Lipinski definition) is 5. The summed E-state index contributed by atoms with van der Waals surface area (Å²) in [6.07, 6.45) is 1.23. The first-order valence-electron chi connectivity index (χ1n) is 9.76. The molecule has 29 heavy (non-hydrogen) atoms. The van der Waals surface area contributed by atoms with E-state index < -0.39 is 17.7 Å². The second-order valence-corrected chi connectivity index (χ2v) is 6.85. The van der Waals surface area contributed by atoms with Crippen LogP contribution in [-0.2, 0) is 9.59 Å². The van der Waals surface area contributed by atoms with Crippen LogP contribution >= 0.6 is 0 Å². The Kier molecular flexibility index (Phi) is 6.67. The fourth-order valence-corrected chi connectivity index (χ4v) is 3.42. The molecule has 0 unspecified atom stereocenters. The van der Waals surface area contributed by atoms with Crippen molar-refractivity contribution in [1.29, 1.82) is 0 Å². The normalized spacial score (nSPS) is 18.3. The van der Waals surface area contributed by atoms with Crippen LogP contribution in [0.4, 0.5) is 0 Å². The van der Waals surface area contributed by atoms with Gasteiger partial charge in [0.25, 0.3) is 11.7 Å². The lowest BCUT2D eigenvalue weighted by atomic mass is 9.95. The monoisotopic (exact) mass is 395 g/mol. The Labute approximate surface area is 170 Å². The van der Waals surface area contributed by atoms with Crippen molar-refractivity contribution in [2.45, 2.75) is 25.8 Å². The molecule has 1 atom stereocenters. The molecule has 6 heteroatoms. The number of nitrogens with zero attached hydrogens (tertiary/aromatic N) is 1. The van der Waals surface area contributed by atoms with Gasteiger partial charge in [0.2, 0.25) is 0 Å². The maximum atomic E-state index is 12.8. The van der Waals surface area contributed by atoms with Crippen LogP contribution < -0.4 is 4.74 Å². The summed E-state index contributed by atoms with van der Waals surface area (Å²) in [6, 6.07) is 15.2. The molecule has 6 nitrogen and oxygen atoms in total. The van der Waals surface area contributed by atoms with Gasteiger partial charge < -0.3 is 19.8 Å². The first-order chi connectivity index (χ1) is 14.1. The Morgan fingerprint density at radius 3 is 2.38 bits per heavy atom. The van der Waals surface area contributed by atoms with Crippen molar-refractivity contribution in [3.8, 4) is 5.75 Å². The molecule has 3 rings (SSSR count). The molecule has 0 aromatic heterocycles. The van der Waals surface area contributed by atoms with E-state index in [9.17, 15) is 19.8 Å². The molecule has 1 aliphatic heterocycles. The quantitative estimate of drug-likeness (QED) is 0.407. The summed E-state index contributed by atoms with van der Waals surface area (Å²) >= 11 is 0. The minimum Gasteiger partial charge on any atom is -0.507 e. The van der Waals surface area contributed by atoms with Gasteiger partial charge in [0.1, 0.15) is 11.5 Å². The highest BCUT2D eigenvalue weighted by atomic mass is 16.5. The third kappa shape index (κ3) is 4.32. The minimum atomic E-state index is -0.722. The molecule has 2 aromatic rings. The van der Waals surface area contributed by atoms with E-state index in [1.165, 1.54) is 4.90 Å². The highest BCUT2D eigenvalue weighted by Crippen LogP contribution is 2.39. The van der Waals surface area contributed by atoms with Crippen LogP contribution in [0.25, 0.3) is 5.76 Å². The maximum Gasteiger partial charge on any atom is 0.295 e. The largest absolute Gasteiger partial charge is 0.507 e. The molecule has 1 amide bonds. The molecule has 1 fully saturated rings. The molecular formula is C23H25NO5. The topological polar surface area (TPSA) is 87.1 Å². The highest BCUT2D eigenvalue weighted by molar-refractivity contribution is 6.46. The Morgan fingerprint density at radius 2 is 1.76 bits per heavy atom. The van der Waals surface area contributed by atoms with Gasteiger partial charge in [-0.1, -0.05) is 37.3 Å². The standard InChI is InChI=1S/C23H25NO5/c1-2-15-29-18-11-9-17(10-12-18)21(26)19-20(16-7-4-3-5-8-16)24(13-6-14-25)23(28)22(19)27/h3-5,7-12,20,25-26H,2,6,13-15H2,1H3/t20-/m1/s1. The van der Waals surface area contributed by atoms with Gasteiger partial charge in [0.15, 0.2) is 0 Å². The van der Waals surface area contributed by atoms with Crippen LogP contribution in [-0.4, -0.2) is 46.6 Å². The summed E-state index contributed by atoms with van der Waals surface area (Å²) in [4.78, 5) is 26.8. The van der Waals surface area contributed by atoms with Crippen LogP contribution in [0.5, 0.6) is 5.75 Å². The number of carbonyl (C=O) groups excluding carboxylic acids is 2. The van der Waals surface area contributed by atoms with Gasteiger partial charge in [-0.15, -0.1) is 0 Å². The average Bonchev–Trinajstić information content (AvgIpc) is 3.01. The second kappa shape index (κ2) is 9.39. The lowest BCUT2D eigenvalue weighted by molar-refractivity contribution is -0.140. The predicted molar refractivity (Wildman–Crippen MR) is 109 cm³/mol. The van der Waals surface area contributed by atoms with Gasteiger partial charge >= 0.3 is 0 Å². The Bertz CT molecular complexity index is 889. The number of rotatable bonds is 8. The van der Waals surface area contributed by atoms with Crippen LogP contribution in [0, 0.1) is 0 Å². The molecule has 1 saturated heterocycles.